The first-order valence-electron chi connectivity index (χ1n) is 11.4. The van der Waals surface area contributed by atoms with Gasteiger partial charge in [-0.2, -0.15) is 0 Å². The van der Waals surface area contributed by atoms with Crippen molar-refractivity contribution < 1.29 is 9.53 Å². The van der Waals surface area contributed by atoms with E-state index in [9.17, 15) is 4.79 Å². The van der Waals surface area contributed by atoms with Gasteiger partial charge in [0.15, 0.2) is 11.9 Å². The highest BCUT2D eigenvalue weighted by molar-refractivity contribution is 5.94. The van der Waals surface area contributed by atoms with Gasteiger partial charge in [-0.15, -0.1) is 10.2 Å². The minimum absolute atomic E-state index is 0.192. The highest BCUT2D eigenvalue weighted by atomic mass is 16.5. The summed E-state index contributed by atoms with van der Waals surface area (Å²) in [5, 5.41) is 11.7. The average molecular weight is 431 g/mol. The number of amides is 1. The van der Waals surface area contributed by atoms with Gasteiger partial charge in [0.05, 0.1) is 5.69 Å². The largest absolute Gasteiger partial charge is 0.481 e. The summed E-state index contributed by atoms with van der Waals surface area (Å²) >= 11 is 0. The fourth-order valence-corrected chi connectivity index (χ4v) is 3.80. The first-order chi connectivity index (χ1) is 15.6. The van der Waals surface area contributed by atoms with E-state index in [1.54, 1.807) is 6.92 Å². The lowest BCUT2D eigenvalue weighted by Gasteiger charge is -2.27. The Kier molecular flexibility index (Phi) is 7.00. The molecule has 1 aliphatic heterocycles. The second-order valence-corrected chi connectivity index (χ2v) is 8.15. The van der Waals surface area contributed by atoms with E-state index in [0.29, 0.717) is 11.4 Å². The zero-order valence-electron chi connectivity index (χ0n) is 18.8. The molecule has 0 bridgehead atoms. The number of aromatic nitrogens is 2. The summed E-state index contributed by atoms with van der Waals surface area (Å²) in [6.07, 6.45) is 4.09. The van der Waals surface area contributed by atoms with E-state index in [0.717, 1.165) is 36.6 Å². The zero-order valence-corrected chi connectivity index (χ0v) is 18.8. The average Bonchev–Trinajstić information content (AvgIpc) is 2.85. The molecule has 2 aromatic carbocycles. The normalized spacial score (nSPS) is 14.6. The molecule has 0 aliphatic carbocycles. The molecule has 1 aliphatic rings. The van der Waals surface area contributed by atoms with Crippen LogP contribution < -0.4 is 15.0 Å². The van der Waals surface area contributed by atoms with Crippen molar-refractivity contribution in [2.24, 2.45) is 0 Å². The highest BCUT2D eigenvalue weighted by Gasteiger charge is 2.16. The number of carbonyl (C=O) groups excluding carboxylic acids is 1. The van der Waals surface area contributed by atoms with Crippen LogP contribution in [-0.4, -0.2) is 35.3 Å². The molecular formula is C26H30N4O2. The summed E-state index contributed by atoms with van der Waals surface area (Å²) in [5.74, 6) is 1.44. The van der Waals surface area contributed by atoms with Crippen molar-refractivity contribution in [2.75, 3.05) is 23.3 Å². The fourth-order valence-electron chi connectivity index (χ4n) is 3.80. The van der Waals surface area contributed by atoms with Crippen molar-refractivity contribution in [3.05, 3.63) is 66.2 Å². The third kappa shape index (κ3) is 5.44. The first-order valence-corrected chi connectivity index (χ1v) is 11.4. The third-order valence-electron chi connectivity index (χ3n) is 5.79. The van der Waals surface area contributed by atoms with Crippen molar-refractivity contribution in [3.63, 3.8) is 0 Å². The number of hydrogen-bond acceptors (Lipinski definition) is 5. The minimum Gasteiger partial charge on any atom is -0.481 e. The van der Waals surface area contributed by atoms with Gasteiger partial charge in [-0.05, 0) is 74.6 Å². The SMILES string of the molecule is CCc1ccc(OC(C)C(=O)Nc2ccc(-c3ccc(N4CCCCC4)nn3)cc2)cc1. The number of anilines is 2. The van der Waals surface area contributed by atoms with Gasteiger partial charge in [0.2, 0.25) is 0 Å². The van der Waals surface area contributed by atoms with Crippen molar-refractivity contribution in [1.82, 2.24) is 10.2 Å². The topological polar surface area (TPSA) is 67.3 Å². The Morgan fingerprint density at radius 2 is 1.69 bits per heavy atom. The Morgan fingerprint density at radius 3 is 2.31 bits per heavy atom. The van der Waals surface area contributed by atoms with Crippen molar-refractivity contribution in [2.45, 2.75) is 45.6 Å². The summed E-state index contributed by atoms with van der Waals surface area (Å²) in [5.41, 5.74) is 3.73. The number of rotatable bonds is 7. The lowest BCUT2D eigenvalue weighted by atomic mass is 10.1. The van der Waals surface area contributed by atoms with E-state index < -0.39 is 6.10 Å². The molecule has 166 valence electrons. The Labute approximate surface area is 189 Å². The van der Waals surface area contributed by atoms with Crippen LogP contribution >= 0.6 is 0 Å². The lowest BCUT2D eigenvalue weighted by molar-refractivity contribution is -0.122. The van der Waals surface area contributed by atoms with Gasteiger partial charge < -0.3 is 15.0 Å². The van der Waals surface area contributed by atoms with E-state index in [4.69, 9.17) is 4.74 Å². The monoisotopic (exact) mass is 430 g/mol. The zero-order chi connectivity index (χ0) is 22.3. The summed E-state index contributed by atoms with van der Waals surface area (Å²) < 4.78 is 5.77. The van der Waals surface area contributed by atoms with Crippen LogP contribution in [-0.2, 0) is 11.2 Å². The molecule has 6 heteroatoms. The summed E-state index contributed by atoms with van der Waals surface area (Å²) in [7, 11) is 0. The maximum absolute atomic E-state index is 12.5. The Hall–Kier alpha value is -3.41. The van der Waals surface area contributed by atoms with Crippen molar-refractivity contribution in [3.8, 4) is 17.0 Å². The highest BCUT2D eigenvalue weighted by Crippen LogP contribution is 2.23. The van der Waals surface area contributed by atoms with Crippen LogP contribution in [0.1, 0.15) is 38.7 Å². The molecule has 1 unspecified atom stereocenters. The fraction of sp³-hybridized carbons (Fsp3) is 0.346. The molecule has 0 radical (unpaired) electrons. The number of ether oxygens (including phenoxy) is 1. The molecule has 2 heterocycles. The maximum Gasteiger partial charge on any atom is 0.265 e. The molecule has 0 spiro atoms. The van der Waals surface area contributed by atoms with Crippen molar-refractivity contribution >= 4 is 17.4 Å². The predicted octanol–water partition coefficient (Wildman–Crippen LogP) is 5.10. The molecule has 0 saturated carbocycles. The van der Waals surface area contributed by atoms with E-state index in [2.05, 4.69) is 27.3 Å². The molecule has 1 aromatic heterocycles. The van der Waals surface area contributed by atoms with E-state index in [1.165, 1.54) is 24.8 Å². The van der Waals surface area contributed by atoms with Crippen LogP contribution in [0.3, 0.4) is 0 Å². The van der Waals surface area contributed by atoms with Crippen molar-refractivity contribution in [1.29, 1.82) is 0 Å². The number of hydrogen-bond donors (Lipinski definition) is 1. The Balaban J connectivity index is 1.34. The summed E-state index contributed by atoms with van der Waals surface area (Å²) in [4.78, 5) is 14.8. The molecule has 1 saturated heterocycles. The molecule has 1 N–H and O–H groups in total. The van der Waals surface area contributed by atoms with Crippen LogP contribution in [0.4, 0.5) is 11.5 Å². The number of piperidine rings is 1. The summed E-state index contributed by atoms with van der Waals surface area (Å²) in [6, 6.07) is 19.5. The van der Waals surface area contributed by atoms with Gasteiger partial charge in [0.1, 0.15) is 5.75 Å². The van der Waals surface area contributed by atoms with Crippen LogP contribution in [0, 0.1) is 0 Å². The van der Waals surface area contributed by atoms with Crippen LogP contribution in [0.15, 0.2) is 60.7 Å². The van der Waals surface area contributed by atoms with Gasteiger partial charge in [-0.25, -0.2) is 0 Å². The molecular weight excluding hydrogens is 400 g/mol. The van der Waals surface area contributed by atoms with Gasteiger partial charge in [-0.3, -0.25) is 4.79 Å². The number of nitrogens with zero attached hydrogens (tertiary/aromatic N) is 3. The number of carbonyl (C=O) groups is 1. The minimum atomic E-state index is -0.602. The second kappa shape index (κ2) is 10.3. The van der Waals surface area contributed by atoms with Gasteiger partial charge in [-0.1, -0.05) is 31.2 Å². The molecule has 32 heavy (non-hydrogen) atoms. The number of aryl methyl sites for hydroxylation is 1. The Bertz CT molecular complexity index is 1010. The van der Waals surface area contributed by atoms with E-state index in [-0.39, 0.29) is 5.91 Å². The van der Waals surface area contributed by atoms with Crippen LogP contribution in [0.25, 0.3) is 11.3 Å². The van der Waals surface area contributed by atoms with Gasteiger partial charge >= 0.3 is 0 Å². The molecule has 4 rings (SSSR count). The van der Waals surface area contributed by atoms with E-state index >= 15 is 0 Å². The smallest absolute Gasteiger partial charge is 0.265 e. The first kappa shape index (κ1) is 21.8. The molecule has 6 nitrogen and oxygen atoms in total. The number of benzene rings is 2. The predicted molar refractivity (Wildman–Crippen MR) is 128 cm³/mol. The Morgan fingerprint density at radius 1 is 0.969 bits per heavy atom. The summed E-state index contributed by atoms with van der Waals surface area (Å²) in [6.45, 7) is 5.95. The van der Waals surface area contributed by atoms with Gasteiger partial charge in [0, 0.05) is 24.3 Å². The molecule has 1 amide bonds. The quantitative estimate of drug-likeness (QED) is 0.565. The molecule has 1 fully saturated rings. The lowest BCUT2D eigenvalue weighted by Crippen LogP contribution is -2.30. The molecule has 1 atom stereocenters. The van der Waals surface area contributed by atoms with Crippen LogP contribution in [0.2, 0.25) is 0 Å². The van der Waals surface area contributed by atoms with Gasteiger partial charge in [0.25, 0.3) is 5.91 Å². The molecule has 3 aromatic rings. The number of nitrogens with one attached hydrogen (secondary N) is 1. The van der Waals surface area contributed by atoms with Crippen LogP contribution in [0.5, 0.6) is 5.75 Å². The standard InChI is InChI=1S/C26H30N4O2/c1-3-20-7-13-23(14-8-20)32-19(2)26(31)27-22-11-9-21(10-12-22)24-15-16-25(29-28-24)30-17-5-4-6-18-30/h7-16,19H,3-6,17-18H2,1-2H3,(H,27,31). The second-order valence-electron chi connectivity index (χ2n) is 8.15. The third-order valence-corrected chi connectivity index (χ3v) is 5.79. The van der Waals surface area contributed by atoms with E-state index in [1.807, 2.05) is 60.7 Å². The maximum atomic E-state index is 12.5.